The Labute approximate surface area is 125 Å². The molecule has 5 nitrogen and oxygen atoms in total. The van der Waals surface area contributed by atoms with Crippen LogP contribution in [0.2, 0.25) is 0 Å². The Morgan fingerprint density at radius 3 is 2.75 bits per heavy atom. The number of likely N-dealkylation sites (tertiary alicyclic amines) is 1. The van der Waals surface area contributed by atoms with E-state index in [4.69, 9.17) is 10.5 Å². The van der Waals surface area contributed by atoms with Crippen LogP contribution in [-0.4, -0.2) is 41.6 Å². The van der Waals surface area contributed by atoms with Gasteiger partial charge in [-0.3, -0.25) is 0 Å². The van der Waals surface area contributed by atoms with Crippen molar-refractivity contribution in [2.45, 2.75) is 39.7 Å². The van der Waals surface area contributed by atoms with Crippen LogP contribution >= 0.6 is 11.5 Å². The lowest BCUT2D eigenvalue weighted by atomic mass is 9.97. The molecule has 0 aromatic carbocycles. The average Bonchev–Trinajstić information content (AvgIpc) is 2.78. The van der Waals surface area contributed by atoms with Crippen LogP contribution < -0.4 is 15.8 Å². The molecule has 1 saturated heterocycles. The molecule has 2 rings (SSSR count). The molecule has 0 amide bonds. The molecule has 114 valence electrons. The SMILES string of the molecule is CCN1CCC(CNc2snc(N)c2OC(C)C)CC1. The van der Waals surface area contributed by atoms with Gasteiger partial charge in [-0.05, 0) is 63.8 Å². The Bertz CT molecular complexity index is 413. The fourth-order valence-electron chi connectivity index (χ4n) is 2.50. The van der Waals surface area contributed by atoms with E-state index >= 15 is 0 Å². The number of nitrogens with one attached hydrogen (secondary N) is 1. The maximum Gasteiger partial charge on any atom is 0.197 e. The van der Waals surface area contributed by atoms with Crippen molar-refractivity contribution in [2.24, 2.45) is 5.92 Å². The van der Waals surface area contributed by atoms with Crippen LogP contribution in [0.4, 0.5) is 10.8 Å². The first-order valence-electron chi connectivity index (χ1n) is 7.48. The molecule has 1 aliphatic rings. The van der Waals surface area contributed by atoms with Gasteiger partial charge in [0.2, 0.25) is 0 Å². The molecule has 0 bridgehead atoms. The van der Waals surface area contributed by atoms with E-state index in [0.29, 0.717) is 5.82 Å². The third kappa shape index (κ3) is 3.99. The van der Waals surface area contributed by atoms with Crippen molar-refractivity contribution in [3.63, 3.8) is 0 Å². The highest BCUT2D eigenvalue weighted by Gasteiger charge is 2.20. The summed E-state index contributed by atoms with van der Waals surface area (Å²) in [7, 11) is 0. The molecule has 0 saturated carbocycles. The van der Waals surface area contributed by atoms with E-state index in [1.54, 1.807) is 0 Å². The van der Waals surface area contributed by atoms with Gasteiger partial charge in [0, 0.05) is 6.54 Å². The predicted molar refractivity (Wildman–Crippen MR) is 85.6 cm³/mol. The standard InChI is InChI=1S/C14H26N4OS/c1-4-18-7-5-11(6-8-18)9-16-14-12(19-10(2)3)13(15)17-20-14/h10-11,16H,4-9H2,1-3H3,(H2,15,17). The van der Waals surface area contributed by atoms with Gasteiger partial charge in [-0.25, -0.2) is 0 Å². The van der Waals surface area contributed by atoms with Crippen LogP contribution in [-0.2, 0) is 0 Å². The van der Waals surface area contributed by atoms with Crippen molar-refractivity contribution in [1.29, 1.82) is 0 Å². The second-order valence-electron chi connectivity index (χ2n) is 5.65. The maximum atomic E-state index is 5.86. The second kappa shape index (κ2) is 7.13. The highest BCUT2D eigenvalue weighted by Crippen LogP contribution is 2.36. The van der Waals surface area contributed by atoms with E-state index in [1.807, 2.05) is 13.8 Å². The molecule has 1 fully saturated rings. The van der Waals surface area contributed by atoms with Gasteiger partial charge >= 0.3 is 0 Å². The molecule has 0 aliphatic carbocycles. The summed E-state index contributed by atoms with van der Waals surface area (Å²) in [6.45, 7) is 10.8. The highest BCUT2D eigenvalue weighted by atomic mass is 32.1. The number of ether oxygens (including phenoxy) is 1. The molecular formula is C14H26N4OS. The Hall–Kier alpha value is -1.01. The second-order valence-corrected chi connectivity index (χ2v) is 6.42. The minimum atomic E-state index is 0.113. The van der Waals surface area contributed by atoms with Crippen LogP contribution in [0.5, 0.6) is 5.75 Å². The number of nitrogen functional groups attached to an aromatic ring is 1. The first-order chi connectivity index (χ1) is 9.60. The normalized spacial score (nSPS) is 17.6. The Morgan fingerprint density at radius 2 is 2.15 bits per heavy atom. The van der Waals surface area contributed by atoms with Crippen molar-refractivity contribution in [1.82, 2.24) is 9.27 Å². The third-order valence-corrected chi connectivity index (χ3v) is 4.53. The van der Waals surface area contributed by atoms with Crippen LogP contribution in [0.15, 0.2) is 0 Å². The largest absolute Gasteiger partial charge is 0.484 e. The zero-order chi connectivity index (χ0) is 14.5. The predicted octanol–water partition coefficient (Wildman–Crippen LogP) is 2.66. The molecular weight excluding hydrogens is 272 g/mol. The van der Waals surface area contributed by atoms with Gasteiger partial charge in [0.15, 0.2) is 16.6 Å². The average molecular weight is 298 g/mol. The number of nitrogens with two attached hydrogens (primary N) is 1. The summed E-state index contributed by atoms with van der Waals surface area (Å²) in [5.74, 6) is 1.94. The lowest BCUT2D eigenvalue weighted by Crippen LogP contribution is -2.35. The first-order valence-corrected chi connectivity index (χ1v) is 8.25. The van der Waals surface area contributed by atoms with Crippen molar-refractivity contribution < 1.29 is 4.74 Å². The van der Waals surface area contributed by atoms with Crippen LogP contribution in [0.3, 0.4) is 0 Å². The molecule has 2 heterocycles. The lowest BCUT2D eigenvalue weighted by Gasteiger charge is -2.31. The summed E-state index contributed by atoms with van der Waals surface area (Å²) in [6.07, 6.45) is 2.63. The quantitative estimate of drug-likeness (QED) is 0.845. The maximum absolute atomic E-state index is 5.86. The summed E-state index contributed by atoms with van der Waals surface area (Å²) < 4.78 is 9.93. The fraction of sp³-hybridized carbons (Fsp3) is 0.786. The van der Waals surface area contributed by atoms with Gasteiger partial charge in [0.1, 0.15) is 0 Å². The van der Waals surface area contributed by atoms with Crippen LogP contribution in [0, 0.1) is 5.92 Å². The molecule has 1 aromatic heterocycles. The van der Waals surface area contributed by atoms with E-state index in [2.05, 4.69) is 21.5 Å². The van der Waals surface area contributed by atoms with Gasteiger partial charge < -0.3 is 20.7 Å². The molecule has 6 heteroatoms. The summed E-state index contributed by atoms with van der Waals surface area (Å²) in [4.78, 5) is 2.51. The topological polar surface area (TPSA) is 63.4 Å². The minimum absolute atomic E-state index is 0.113. The lowest BCUT2D eigenvalue weighted by molar-refractivity contribution is 0.198. The van der Waals surface area contributed by atoms with Gasteiger partial charge in [-0.1, -0.05) is 6.92 Å². The Balaban J connectivity index is 1.85. The summed E-state index contributed by atoms with van der Waals surface area (Å²) in [5.41, 5.74) is 5.86. The molecule has 20 heavy (non-hydrogen) atoms. The monoisotopic (exact) mass is 298 g/mol. The molecule has 3 N–H and O–H groups in total. The molecule has 0 radical (unpaired) electrons. The Morgan fingerprint density at radius 1 is 1.45 bits per heavy atom. The Kier molecular flexibility index (Phi) is 5.48. The number of rotatable bonds is 6. The van der Waals surface area contributed by atoms with Crippen molar-refractivity contribution in [2.75, 3.05) is 37.2 Å². The van der Waals surface area contributed by atoms with Crippen molar-refractivity contribution >= 4 is 22.4 Å². The minimum Gasteiger partial charge on any atom is -0.484 e. The first kappa shape index (κ1) is 15.4. The number of anilines is 2. The van der Waals surface area contributed by atoms with E-state index in [0.717, 1.165) is 29.8 Å². The van der Waals surface area contributed by atoms with Crippen molar-refractivity contribution in [3.8, 4) is 5.75 Å². The van der Waals surface area contributed by atoms with Gasteiger partial charge in [0.25, 0.3) is 0 Å². The number of piperidine rings is 1. The summed E-state index contributed by atoms with van der Waals surface area (Å²) in [5, 5.41) is 4.44. The number of aromatic nitrogens is 1. The van der Waals surface area contributed by atoms with Crippen LogP contribution in [0.25, 0.3) is 0 Å². The number of hydrogen-bond acceptors (Lipinski definition) is 6. The summed E-state index contributed by atoms with van der Waals surface area (Å²) in [6, 6.07) is 0. The van der Waals surface area contributed by atoms with E-state index in [1.165, 1.54) is 37.5 Å². The highest BCUT2D eigenvalue weighted by molar-refractivity contribution is 7.11. The van der Waals surface area contributed by atoms with Crippen LogP contribution in [0.1, 0.15) is 33.6 Å². The zero-order valence-electron chi connectivity index (χ0n) is 12.7. The van der Waals surface area contributed by atoms with E-state index < -0.39 is 0 Å². The number of hydrogen-bond donors (Lipinski definition) is 2. The molecule has 0 unspecified atom stereocenters. The summed E-state index contributed by atoms with van der Waals surface area (Å²) >= 11 is 1.39. The van der Waals surface area contributed by atoms with Gasteiger partial charge in [-0.15, -0.1) is 0 Å². The van der Waals surface area contributed by atoms with Gasteiger partial charge in [0.05, 0.1) is 6.10 Å². The fourth-order valence-corrected chi connectivity index (χ4v) is 3.16. The van der Waals surface area contributed by atoms with Crippen molar-refractivity contribution in [3.05, 3.63) is 0 Å². The molecule has 1 aliphatic heterocycles. The third-order valence-electron chi connectivity index (χ3n) is 3.73. The smallest absolute Gasteiger partial charge is 0.197 e. The van der Waals surface area contributed by atoms with Gasteiger partial charge in [-0.2, -0.15) is 4.37 Å². The van der Waals surface area contributed by atoms with E-state index in [9.17, 15) is 0 Å². The van der Waals surface area contributed by atoms with E-state index in [-0.39, 0.29) is 6.10 Å². The zero-order valence-corrected chi connectivity index (χ0v) is 13.5. The molecule has 0 atom stereocenters. The molecule has 0 spiro atoms. The number of nitrogens with zero attached hydrogens (tertiary/aromatic N) is 2. The molecule has 1 aromatic rings.